The fourth-order valence-electron chi connectivity index (χ4n) is 4.17. The Morgan fingerprint density at radius 2 is 2.00 bits per heavy atom. The number of carbonyl (C=O) groups excluding carboxylic acids is 1. The standard InChI is InChI=1S/C19H22FN3O2/c1-22-9-3-7-16(22)17-8-4-10-23(17)19(24)18-12-15(21-25-18)13-5-2-6-14(20)11-13/h2,5-6,11-12,16-17H,3-4,7-10H2,1H3/t16-,17-/m0/s1. The molecule has 1 aromatic heterocycles. The quantitative estimate of drug-likeness (QED) is 0.859. The molecule has 25 heavy (non-hydrogen) atoms. The van der Waals surface area contributed by atoms with E-state index in [1.807, 2.05) is 4.90 Å². The van der Waals surface area contributed by atoms with Gasteiger partial charge in [0.1, 0.15) is 11.5 Å². The van der Waals surface area contributed by atoms with Crippen molar-refractivity contribution in [1.82, 2.24) is 15.0 Å². The van der Waals surface area contributed by atoms with Gasteiger partial charge in [0.05, 0.1) is 0 Å². The molecule has 4 rings (SSSR count). The molecule has 2 atom stereocenters. The zero-order valence-electron chi connectivity index (χ0n) is 14.3. The second-order valence-electron chi connectivity index (χ2n) is 6.99. The second kappa shape index (κ2) is 6.59. The maximum atomic E-state index is 13.4. The first-order valence-corrected chi connectivity index (χ1v) is 8.87. The minimum absolute atomic E-state index is 0.113. The van der Waals surface area contributed by atoms with Gasteiger partial charge >= 0.3 is 0 Å². The Kier molecular flexibility index (Phi) is 4.29. The molecule has 2 aliphatic heterocycles. The third-order valence-electron chi connectivity index (χ3n) is 5.42. The van der Waals surface area contributed by atoms with Crippen LogP contribution in [0.4, 0.5) is 4.39 Å². The third-order valence-corrected chi connectivity index (χ3v) is 5.42. The highest BCUT2D eigenvalue weighted by Gasteiger charge is 2.39. The van der Waals surface area contributed by atoms with E-state index in [9.17, 15) is 9.18 Å². The number of carbonyl (C=O) groups is 1. The Hall–Kier alpha value is -2.21. The van der Waals surface area contributed by atoms with Crippen molar-refractivity contribution in [3.63, 3.8) is 0 Å². The van der Waals surface area contributed by atoms with E-state index in [-0.39, 0.29) is 23.5 Å². The number of amides is 1. The van der Waals surface area contributed by atoms with Gasteiger partial charge in [-0.1, -0.05) is 17.3 Å². The molecule has 0 spiro atoms. The summed E-state index contributed by atoms with van der Waals surface area (Å²) < 4.78 is 18.7. The normalized spacial score (nSPS) is 24.2. The average Bonchev–Trinajstić information content (AvgIpc) is 3.34. The molecule has 0 radical (unpaired) electrons. The first kappa shape index (κ1) is 16.3. The molecule has 6 heteroatoms. The zero-order valence-corrected chi connectivity index (χ0v) is 14.3. The number of aromatic nitrogens is 1. The minimum atomic E-state index is -0.336. The van der Waals surface area contributed by atoms with Crippen molar-refractivity contribution in [3.05, 3.63) is 41.9 Å². The molecule has 2 aromatic rings. The number of halogens is 1. The predicted molar refractivity (Wildman–Crippen MR) is 91.6 cm³/mol. The number of hydrogen-bond donors (Lipinski definition) is 0. The highest BCUT2D eigenvalue weighted by atomic mass is 19.1. The number of likely N-dealkylation sites (tertiary alicyclic amines) is 2. The monoisotopic (exact) mass is 343 g/mol. The van der Waals surface area contributed by atoms with E-state index < -0.39 is 0 Å². The van der Waals surface area contributed by atoms with E-state index >= 15 is 0 Å². The smallest absolute Gasteiger partial charge is 0.292 e. The van der Waals surface area contributed by atoms with E-state index in [0.29, 0.717) is 17.3 Å². The van der Waals surface area contributed by atoms with Crippen LogP contribution in [0.15, 0.2) is 34.9 Å². The molecular formula is C19H22FN3O2. The van der Waals surface area contributed by atoms with Gasteiger partial charge in [-0.15, -0.1) is 0 Å². The molecular weight excluding hydrogens is 321 g/mol. The lowest BCUT2D eigenvalue weighted by atomic mass is 10.0. The van der Waals surface area contributed by atoms with Crippen LogP contribution in [0.1, 0.15) is 36.2 Å². The van der Waals surface area contributed by atoms with Gasteiger partial charge in [0, 0.05) is 30.3 Å². The van der Waals surface area contributed by atoms with Gasteiger partial charge < -0.3 is 14.3 Å². The van der Waals surface area contributed by atoms with Crippen LogP contribution >= 0.6 is 0 Å². The molecule has 0 saturated carbocycles. The summed E-state index contributed by atoms with van der Waals surface area (Å²) in [6.45, 7) is 1.85. The van der Waals surface area contributed by atoms with E-state index in [1.165, 1.54) is 18.6 Å². The van der Waals surface area contributed by atoms with Crippen molar-refractivity contribution in [2.24, 2.45) is 0 Å². The summed E-state index contributed by atoms with van der Waals surface area (Å²) in [5, 5.41) is 3.96. The molecule has 0 unspecified atom stereocenters. The van der Waals surface area contributed by atoms with Crippen LogP contribution in [0.25, 0.3) is 11.3 Å². The lowest BCUT2D eigenvalue weighted by Crippen LogP contribution is -2.47. The van der Waals surface area contributed by atoms with Gasteiger partial charge in [0.2, 0.25) is 5.76 Å². The summed E-state index contributed by atoms with van der Waals surface area (Å²) >= 11 is 0. The lowest BCUT2D eigenvalue weighted by Gasteiger charge is -2.32. The SMILES string of the molecule is CN1CCC[C@H]1[C@@H]1CCCN1C(=O)c1cc(-c2cccc(F)c2)no1. The van der Waals surface area contributed by atoms with Gasteiger partial charge in [-0.3, -0.25) is 4.79 Å². The van der Waals surface area contributed by atoms with Gasteiger partial charge in [0.25, 0.3) is 5.91 Å². The van der Waals surface area contributed by atoms with Crippen molar-refractivity contribution >= 4 is 5.91 Å². The Morgan fingerprint density at radius 1 is 1.20 bits per heavy atom. The van der Waals surface area contributed by atoms with E-state index in [4.69, 9.17) is 4.52 Å². The lowest BCUT2D eigenvalue weighted by molar-refractivity contribution is 0.0623. The first-order chi connectivity index (χ1) is 12.1. The Morgan fingerprint density at radius 3 is 2.76 bits per heavy atom. The summed E-state index contributed by atoms with van der Waals surface area (Å²) in [6, 6.07) is 8.42. The molecule has 3 heterocycles. The van der Waals surface area contributed by atoms with Crippen LogP contribution in [0.2, 0.25) is 0 Å². The van der Waals surface area contributed by atoms with Crippen LogP contribution in [0, 0.1) is 5.82 Å². The van der Waals surface area contributed by atoms with Crippen LogP contribution in [-0.2, 0) is 0 Å². The summed E-state index contributed by atoms with van der Waals surface area (Å²) in [7, 11) is 2.13. The van der Waals surface area contributed by atoms with Crippen LogP contribution in [0.5, 0.6) is 0 Å². The molecule has 1 amide bonds. The van der Waals surface area contributed by atoms with Crippen LogP contribution < -0.4 is 0 Å². The molecule has 0 N–H and O–H groups in total. The zero-order chi connectivity index (χ0) is 17.4. The molecule has 5 nitrogen and oxygen atoms in total. The van der Waals surface area contributed by atoms with E-state index in [1.54, 1.807) is 18.2 Å². The Labute approximate surface area is 146 Å². The molecule has 2 saturated heterocycles. The highest BCUT2D eigenvalue weighted by Crippen LogP contribution is 2.30. The molecule has 1 aromatic carbocycles. The van der Waals surface area contributed by atoms with Gasteiger partial charge in [-0.25, -0.2) is 4.39 Å². The summed E-state index contributed by atoms with van der Waals surface area (Å²) in [4.78, 5) is 17.2. The highest BCUT2D eigenvalue weighted by molar-refractivity contribution is 5.92. The van der Waals surface area contributed by atoms with Crippen LogP contribution in [-0.4, -0.2) is 53.1 Å². The Balaban J connectivity index is 1.54. The summed E-state index contributed by atoms with van der Waals surface area (Å²) in [5.74, 6) is -0.220. The fourth-order valence-corrected chi connectivity index (χ4v) is 4.17. The van der Waals surface area contributed by atoms with Gasteiger partial charge in [-0.2, -0.15) is 0 Å². The Bertz CT molecular complexity index is 776. The van der Waals surface area contributed by atoms with Crippen molar-refractivity contribution in [2.75, 3.05) is 20.1 Å². The fraction of sp³-hybridized carbons (Fsp3) is 0.474. The van der Waals surface area contributed by atoms with Crippen molar-refractivity contribution in [1.29, 1.82) is 0 Å². The third kappa shape index (κ3) is 3.06. The number of hydrogen-bond acceptors (Lipinski definition) is 4. The second-order valence-corrected chi connectivity index (χ2v) is 6.99. The average molecular weight is 343 g/mol. The number of benzene rings is 1. The molecule has 2 aliphatic rings. The minimum Gasteiger partial charge on any atom is -0.350 e. The molecule has 132 valence electrons. The number of likely N-dealkylation sites (N-methyl/N-ethyl adjacent to an activating group) is 1. The van der Waals surface area contributed by atoms with E-state index in [2.05, 4.69) is 17.1 Å². The number of rotatable bonds is 3. The van der Waals surface area contributed by atoms with E-state index in [0.717, 1.165) is 32.4 Å². The first-order valence-electron chi connectivity index (χ1n) is 8.87. The van der Waals surface area contributed by atoms with Crippen molar-refractivity contribution in [2.45, 2.75) is 37.8 Å². The largest absolute Gasteiger partial charge is 0.350 e. The maximum Gasteiger partial charge on any atom is 0.292 e. The summed E-state index contributed by atoms with van der Waals surface area (Å²) in [5.41, 5.74) is 1.09. The predicted octanol–water partition coefficient (Wildman–Crippen LogP) is 3.18. The maximum absolute atomic E-state index is 13.4. The van der Waals surface area contributed by atoms with Gasteiger partial charge in [0.15, 0.2) is 0 Å². The number of nitrogens with zero attached hydrogens (tertiary/aromatic N) is 3. The van der Waals surface area contributed by atoms with Crippen molar-refractivity contribution < 1.29 is 13.7 Å². The van der Waals surface area contributed by atoms with Crippen molar-refractivity contribution in [3.8, 4) is 11.3 Å². The molecule has 0 bridgehead atoms. The van der Waals surface area contributed by atoms with Gasteiger partial charge in [-0.05, 0) is 51.4 Å². The molecule has 0 aliphatic carbocycles. The van der Waals surface area contributed by atoms with Crippen LogP contribution in [0.3, 0.4) is 0 Å². The summed E-state index contributed by atoms with van der Waals surface area (Å²) in [6.07, 6.45) is 4.37. The molecule has 2 fully saturated rings. The topological polar surface area (TPSA) is 49.6 Å².